The second-order valence-corrected chi connectivity index (χ2v) is 14.2. The molecule has 0 spiro atoms. The quantitative estimate of drug-likeness (QED) is 0.150. The molecule has 1 aliphatic rings. The SMILES string of the molecule is CCOCCCNS(=O)(=O)c1ccc(Oc2cc(C(C)(C)C)cc3cc4c(c(-c5cc(C)cc(C(F)(F)F)c5)c23)C(N)=NC4=N)cc1. The van der Waals surface area contributed by atoms with Crippen molar-refractivity contribution in [1.82, 2.24) is 4.72 Å². The Bertz CT molecular complexity index is 2000. The largest absolute Gasteiger partial charge is 0.457 e. The average molecular weight is 667 g/mol. The average Bonchev–Trinajstić information content (AvgIpc) is 3.27. The minimum Gasteiger partial charge on any atom is -0.457 e. The molecule has 1 aliphatic heterocycles. The summed E-state index contributed by atoms with van der Waals surface area (Å²) in [5.41, 5.74) is 7.78. The minimum absolute atomic E-state index is 0.0196. The highest BCUT2D eigenvalue weighted by Gasteiger charge is 2.33. The van der Waals surface area contributed by atoms with Gasteiger partial charge in [-0.1, -0.05) is 32.9 Å². The number of hydrogen-bond acceptors (Lipinski definition) is 6. The van der Waals surface area contributed by atoms with Crippen molar-refractivity contribution in [2.75, 3.05) is 19.8 Å². The molecule has 12 heteroatoms. The molecule has 248 valence electrons. The van der Waals surface area contributed by atoms with Gasteiger partial charge in [-0.3, -0.25) is 5.41 Å². The number of fused-ring (bicyclic) bond motifs is 2. The number of benzene rings is 4. The van der Waals surface area contributed by atoms with Gasteiger partial charge >= 0.3 is 6.18 Å². The third-order valence-electron chi connectivity index (χ3n) is 7.83. The monoisotopic (exact) mass is 666 g/mol. The Morgan fingerprint density at radius 1 is 0.957 bits per heavy atom. The highest BCUT2D eigenvalue weighted by molar-refractivity contribution is 7.89. The molecular formula is C35H37F3N4O4S. The number of nitrogens with two attached hydrogens (primary N) is 1. The molecular weight excluding hydrogens is 629 g/mol. The van der Waals surface area contributed by atoms with Crippen LogP contribution in [0.4, 0.5) is 13.2 Å². The maximum atomic E-state index is 14.0. The number of sulfonamides is 1. The van der Waals surface area contributed by atoms with Crippen molar-refractivity contribution >= 4 is 32.5 Å². The van der Waals surface area contributed by atoms with Gasteiger partial charge in [0.25, 0.3) is 0 Å². The molecule has 0 amide bonds. The Balaban J connectivity index is 1.68. The Kier molecular flexibility index (Phi) is 9.24. The molecule has 0 aliphatic carbocycles. The maximum absolute atomic E-state index is 14.0. The van der Waals surface area contributed by atoms with E-state index in [-0.39, 0.29) is 34.1 Å². The number of rotatable bonds is 10. The van der Waals surface area contributed by atoms with Crippen LogP contribution in [-0.2, 0) is 26.4 Å². The predicted octanol–water partition coefficient (Wildman–Crippen LogP) is 7.67. The first-order valence-electron chi connectivity index (χ1n) is 15.1. The summed E-state index contributed by atoms with van der Waals surface area (Å²) >= 11 is 0. The van der Waals surface area contributed by atoms with E-state index in [1.165, 1.54) is 24.3 Å². The number of nitrogens with zero attached hydrogens (tertiary/aromatic N) is 1. The fourth-order valence-corrected chi connectivity index (χ4v) is 6.58. The summed E-state index contributed by atoms with van der Waals surface area (Å²) in [6.07, 6.45) is -4.07. The predicted molar refractivity (Wildman–Crippen MR) is 178 cm³/mol. The fourth-order valence-electron chi connectivity index (χ4n) is 5.51. The van der Waals surface area contributed by atoms with Crippen LogP contribution in [0.5, 0.6) is 11.5 Å². The van der Waals surface area contributed by atoms with Gasteiger partial charge in [-0.05, 0) is 96.3 Å². The molecule has 0 radical (unpaired) electrons. The smallest absolute Gasteiger partial charge is 0.416 e. The van der Waals surface area contributed by atoms with Crippen molar-refractivity contribution in [3.63, 3.8) is 0 Å². The zero-order valence-corrected chi connectivity index (χ0v) is 27.6. The molecule has 0 aromatic heterocycles. The van der Waals surface area contributed by atoms with E-state index in [1.54, 1.807) is 19.1 Å². The Morgan fingerprint density at radius 3 is 2.30 bits per heavy atom. The molecule has 0 bridgehead atoms. The van der Waals surface area contributed by atoms with Crippen LogP contribution >= 0.6 is 0 Å². The number of aliphatic imine (C=N–C) groups is 1. The number of amidine groups is 2. The van der Waals surface area contributed by atoms with Crippen LogP contribution in [0.3, 0.4) is 0 Å². The van der Waals surface area contributed by atoms with E-state index in [1.807, 2.05) is 39.8 Å². The standard InChI is InChI=1S/C35H37F3N4O4S/c1-6-45-13-7-12-41-47(43,44)26-10-8-25(9-11-26)46-28-19-23(34(3,4)5)16-22-18-27-31(33(40)42-32(27)39)30(29(22)28)21-14-20(2)15-24(17-21)35(36,37)38/h8-11,14-19,41H,6-7,12-13H2,1-5H3,(H3,39,40,42). The molecule has 5 rings (SSSR count). The van der Waals surface area contributed by atoms with Crippen LogP contribution in [0.15, 0.2) is 70.6 Å². The lowest BCUT2D eigenvalue weighted by Gasteiger charge is -2.24. The first-order valence-corrected chi connectivity index (χ1v) is 16.6. The van der Waals surface area contributed by atoms with Gasteiger partial charge in [0.2, 0.25) is 10.0 Å². The topological polar surface area (TPSA) is 127 Å². The first kappa shape index (κ1) is 34.1. The van der Waals surface area contributed by atoms with Gasteiger partial charge in [0, 0.05) is 41.8 Å². The Hall–Kier alpha value is -4.26. The number of alkyl halides is 3. The van der Waals surface area contributed by atoms with Crippen LogP contribution in [0.1, 0.15) is 61.9 Å². The summed E-state index contributed by atoms with van der Waals surface area (Å²) in [6.45, 7) is 10.7. The molecule has 4 aromatic rings. The van der Waals surface area contributed by atoms with Crippen LogP contribution in [0, 0.1) is 12.3 Å². The minimum atomic E-state index is -4.60. The van der Waals surface area contributed by atoms with Crippen LogP contribution in [-0.4, -0.2) is 39.8 Å². The number of halogens is 3. The van der Waals surface area contributed by atoms with Crippen LogP contribution < -0.4 is 15.2 Å². The van der Waals surface area contributed by atoms with E-state index in [9.17, 15) is 21.6 Å². The third kappa shape index (κ3) is 7.19. The molecule has 47 heavy (non-hydrogen) atoms. The molecule has 4 N–H and O–H groups in total. The molecule has 8 nitrogen and oxygen atoms in total. The Labute approximate surface area is 272 Å². The van der Waals surface area contributed by atoms with Crippen molar-refractivity contribution in [3.05, 3.63) is 88.5 Å². The van der Waals surface area contributed by atoms with E-state index < -0.39 is 21.8 Å². The van der Waals surface area contributed by atoms with Crippen molar-refractivity contribution in [2.24, 2.45) is 10.7 Å². The van der Waals surface area contributed by atoms with Gasteiger partial charge in [0.05, 0.1) is 10.5 Å². The fraction of sp³-hybridized carbons (Fsp3) is 0.314. The lowest BCUT2D eigenvalue weighted by atomic mass is 9.82. The van der Waals surface area contributed by atoms with Crippen LogP contribution in [0.2, 0.25) is 0 Å². The highest BCUT2D eigenvalue weighted by atomic mass is 32.2. The van der Waals surface area contributed by atoms with E-state index in [4.69, 9.17) is 20.6 Å². The van der Waals surface area contributed by atoms with Gasteiger partial charge in [-0.2, -0.15) is 13.2 Å². The maximum Gasteiger partial charge on any atom is 0.416 e. The second kappa shape index (κ2) is 12.7. The lowest BCUT2D eigenvalue weighted by Crippen LogP contribution is -2.25. The molecule has 0 unspecified atom stereocenters. The summed E-state index contributed by atoms with van der Waals surface area (Å²) in [5.74, 6) is 0.576. The van der Waals surface area contributed by atoms with Crippen molar-refractivity contribution in [2.45, 2.75) is 57.5 Å². The van der Waals surface area contributed by atoms with E-state index in [2.05, 4.69) is 9.71 Å². The molecule has 0 saturated heterocycles. The van der Waals surface area contributed by atoms with Crippen molar-refractivity contribution in [1.29, 1.82) is 5.41 Å². The summed E-state index contributed by atoms with van der Waals surface area (Å²) in [7, 11) is -3.78. The van der Waals surface area contributed by atoms with Gasteiger partial charge in [0.1, 0.15) is 17.3 Å². The zero-order valence-electron chi connectivity index (χ0n) is 26.8. The zero-order chi connectivity index (χ0) is 34.3. The van der Waals surface area contributed by atoms with Crippen LogP contribution in [0.25, 0.3) is 21.9 Å². The highest BCUT2D eigenvalue weighted by Crippen LogP contribution is 2.46. The molecule has 1 heterocycles. The normalized spacial score (nSPS) is 13.6. The number of aryl methyl sites for hydroxylation is 1. The van der Waals surface area contributed by atoms with Gasteiger partial charge in [-0.15, -0.1) is 0 Å². The summed E-state index contributed by atoms with van der Waals surface area (Å²) in [6, 6.07) is 15.2. The Morgan fingerprint density at radius 2 is 1.66 bits per heavy atom. The van der Waals surface area contributed by atoms with Gasteiger partial charge < -0.3 is 15.2 Å². The summed E-state index contributed by atoms with van der Waals surface area (Å²) < 4.78 is 82.0. The van der Waals surface area contributed by atoms with E-state index >= 15 is 0 Å². The first-order chi connectivity index (χ1) is 22.0. The summed E-state index contributed by atoms with van der Waals surface area (Å²) in [4.78, 5) is 4.21. The number of nitrogens with one attached hydrogen (secondary N) is 2. The van der Waals surface area contributed by atoms with Gasteiger partial charge in [-0.25, -0.2) is 18.1 Å². The van der Waals surface area contributed by atoms with E-state index in [0.29, 0.717) is 64.2 Å². The molecule has 0 saturated carbocycles. The van der Waals surface area contributed by atoms with E-state index in [0.717, 1.165) is 17.7 Å². The lowest BCUT2D eigenvalue weighted by molar-refractivity contribution is -0.137. The molecule has 0 fully saturated rings. The van der Waals surface area contributed by atoms with Gasteiger partial charge in [0.15, 0.2) is 5.84 Å². The second-order valence-electron chi connectivity index (χ2n) is 12.4. The molecule has 4 aromatic carbocycles. The molecule has 0 atom stereocenters. The number of hydrogen-bond donors (Lipinski definition) is 3. The van der Waals surface area contributed by atoms with Crippen molar-refractivity contribution < 1.29 is 31.1 Å². The number of ether oxygens (including phenoxy) is 2. The summed E-state index contributed by atoms with van der Waals surface area (Å²) in [5, 5.41) is 9.60. The van der Waals surface area contributed by atoms with Crippen molar-refractivity contribution in [3.8, 4) is 22.6 Å². The third-order valence-corrected chi connectivity index (χ3v) is 9.31.